The highest BCUT2D eigenvalue weighted by molar-refractivity contribution is 5.45. The number of aromatic nitrogens is 1. The summed E-state index contributed by atoms with van der Waals surface area (Å²) >= 11 is 0. The van der Waals surface area contributed by atoms with Crippen molar-refractivity contribution in [3.8, 4) is 0 Å². The molecule has 0 unspecified atom stereocenters. The zero-order valence-corrected chi connectivity index (χ0v) is 13.3. The van der Waals surface area contributed by atoms with Gasteiger partial charge in [-0.05, 0) is 44.4 Å². The molecule has 1 saturated carbocycles. The van der Waals surface area contributed by atoms with Crippen molar-refractivity contribution in [3.05, 3.63) is 23.4 Å². The Bertz CT molecular complexity index is 479. The Morgan fingerprint density at radius 3 is 2.55 bits per heavy atom. The summed E-state index contributed by atoms with van der Waals surface area (Å²) in [5.41, 5.74) is 2.84. The van der Waals surface area contributed by atoms with Gasteiger partial charge in [-0.25, -0.2) is 4.98 Å². The Kier molecular flexibility index (Phi) is 3.72. The number of hydrogen-bond donors (Lipinski definition) is 0. The van der Waals surface area contributed by atoms with Gasteiger partial charge in [0.05, 0.1) is 0 Å². The first-order chi connectivity index (χ1) is 9.56. The number of rotatable bonds is 3. The first-order valence-corrected chi connectivity index (χ1v) is 8.02. The van der Waals surface area contributed by atoms with Gasteiger partial charge in [0.15, 0.2) is 0 Å². The summed E-state index contributed by atoms with van der Waals surface area (Å²) < 4.78 is 0. The minimum absolute atomic E-state index is 0.582. The highest BCUT2D eigenvalue weighted by atomic mass is 15.3. The normalized spacial score (nSPS) is 24.4. The van der Waals surface area contributed by atoms with E-state index in [1.54, 1.807) is 0 Å². The fourth-order valence-corrected chi connectivity index (χ4v) is 3.08. The van der Waals surface area contributed by atoms with Gasteiger partial charge in [0.25, 0.3) is 0 Å². The van der Waals surface area contributed by atoms with E-state index in [0.717, 1.165) is 25.6 Å². The van der Waals surface area contributed by atoms with Crippen molar-refractivity contribution in [2.75, 3.05) is 31.6 Å². The van der Waals surface area contributed by atoms with Crippen LogP contribution in [0.2, 0.25) is 0 Å². The summed E-state index contributed by atoms with van der Waals surface area (Å²) in [6.45, 7) is 10.2. The van der Waals surface area contributed by atoms with Crippen molar-refractivity contribution < 1.29 is 0 Å². The first-order valence-electron chi connectivity index (χ1n) is 8.02. The van der Waals surface area contributed by atoms with Gasteiger partial charge < -0.3 is 9.80 Å². The van der Waals surface area contributed by atoms with E-state index < -0.39 is 0 Å². The molecule has 0 N–H and O–H groups in total. The summed E-state index contributed by atoms with van der Waals surface area (Å²) in [6.07, 6.45) is 2.66. The third kappa shape index (κ3) is 2.69. The fourth-order valence-electron chi connectivity index (χ4n) is 3.08. The van der Waals surface area contributed by atoms with Crippen LogP contribution in [-0.4, -0.2) is 42.6 Å². The van der Waals surface area contributed by atoms with Crippen molar-refractivity contribution in [3.63, 3.8) is 0 Å². The van der Waals surface area contributed by atoms with Gasteiger partial charge in [0, 0.05) is 37.3 Å². The first kappa shape index (κ1) is 13.9. The van der Waals surface area contributed by atoms with Gasteiger partial charge in [-0.3, -0.25) is 0 Å². The number of piperazine rings is 1. The minimum Gasteiger partial charge on any atom is -0.354 e. The van der Waals surface area contributed by atoms with Gasteiger partial charge in [-0.1, -0.05) is 19.9 Å². The highest BCUT2D eigenvalue weighted by Gasteiger charge is 2.30. The molecule has 0 bridgehead atoms. The second-order valence-electron chi connectivity index (χ2n) is 6.85. The lowest BCUT2D eigenvalue weighted by Crippen LogP contribution is -2.50. The molecule has 1 aromatic heterocycles. The van der Waals surface area contributed by atoms with Gasteiger partial charge in [0.1, 0.15) is 5.82 Å². The highest BCUT2D eigenvalue weighted by Crippen LogP contribution is 2.43. The number of anilines is 1. The van der Waals surface area contributed by atoms with Crippen LogP contribution in [-0.2, 0) is 0 Å². The maximum Gasteiger partial charge on any atom is 0.128 e. The Morgan fingerprint density at radius 1 is 1.20 bits per heavy atom. The second kappa shape index (κ2) is 5.36. The number of hydrogen-bond acceptors (Lipinski definition) is 3. The van der Waals surface area contributed by atoms with Gasteiger partial charge in [0.2, 0.25) is 0 Å². The molecule has 1 saturated heterocycles. The molecular formula is C17H27N3. The van der Waals surface area contributed by atoms with Crippen molar-refractivity contribution in [2.24, 2.45) is 0 Å². The minimum atomic E-state index is 0.582. The average Bonchev–Trinajstić information content (AvgIpc) is 3.25. The predicted octanol–water partition coefficient (Wildman–Crippen LogP) is 3.22. The smallest absolute Gasteiger partial charge is 0.128 e. The van der Waals surface area contributed by atoms with Crippen LogP contribution in [0.15, 0.2) is 12.1 Å². The SMILES string of the molecule is CC(C)c1ccc(N2CCN(C)[C@@H](C)C2)nc1C1CC1. The van der Waals surface area contributed by atoms with Crippen molar-refractivity contribution >= 4 is 5.82 Å². The average molecular weight is 273 g/mol. The molecule has 3 rings (SSSR count). The molecule has 1 aliphatic heterocycles. The summed E-state index contributed by atoms with van der Waals surface area (Å²) in [4.78, 5) is 9.94. The van der Waals surface area contributed by atoms with Crippen molar-refractivity contribution in [1.29, 1.82) is 0 Å². The quantitative estimate of drug-likeness (QED) is 0.843. The third-order valence-corrected chi connectivity index (χ3v) is 4.81. The molecule has 2 heterocycles. The summed E-state index contributed by atoms with van der Waals surface area (Å²) in [6, 6.07) is 5.17. The molecule has 2 aliphatic rings. The van der Waals surface area contributed by atoms with Crippen molar-refractivity contribution in [2.45, 2.75) is 51.5 Å². The Balaban J connectivity index is 1.85. The Morgan fingerprint density at radius 2 is 1.95 bits per heavy atom. The van der Waals surface area contributed by atoms with E-state index in [-0.39, 0.29) is 0 Å². The second-order valence-corrected chi connectivity index (χ2v) is 6.85. The topological polar surface area (TPSA) is 19.4 Å². The van der Waals surface area contributed by atoms with E-state index >= 15 is 0 Å². The van der Waals surface area contributed by atoms with Gasteiger partial charge in [-0.15, -0.1) is 0 Å². The molecule has 3 heteroatoms. The van der Waals surface area contributed by atoms with E-state index in [9.17, 15) is 0 Å². The molecule has 1 atom stereocenters. The molecule has 0 radical (unpaired) electrons. The third-order valence-electron chi connectivity index (χ3n) is 4.81. The number of likely N-dealkylation sites (N-methyl/N-ethyl adjacent to an activating group) is 1. The molecule has 2 fully saturated rings. The van der Waals surface area contributed by atoms with Crippen LogP contribution in [0.1, 0.15) is 56.7 Å². The van der Waals surface area contributed by atoms with E-state index in [4.69, 9.17) is 4.98 Å². The lowest BCUT2D eigenvalue weighted by molar-refractivity contribution is 0.233. The van der Waals surface area contributed by atoms with Crippen LogP contribution in [0.4, 0.5) is 5.82 Å². The van der Waals surface area contributed by atoms with Crippen LogP contribution < -0.4 is 4.90 Å². The van der Waals surface area contributed by atoms with Gasteiger partial charge in [-0.2, -0.15) is 0 Å². The molecular weight excluding hydrogens is 246 g/mol. The lowest BCUT2D eigenvalue weighted by Gasteiger charge is -2.38. The molecule has 0 aromatic carbocycles. The summed E-state index contributed by atoms with van der Waals surface area (Å²) in [7, 11) is 2.22. The molecule has 0 spiro atoms. The molecule has 20 heavy (non-hydrogen) atoms. The van der Waals surface area contributed by atoms with E-state index in [1.165, 1.54) is 29.9 Å². The van der Waals surface area contributed by atoms with E-state index in [2.05, 4.69) is 49.8 Å². The zero-order valence-electron chi connectivity index (χ0n) is 13.3. The predicted molar refractivity (Wildman–Crippen MR) is 84.6 cm³/mol. The monoisotopic (exact) mass is 273 g/mol. The van der Waals surface area contributed by atoms with E-state index in [1.807, 2.05) is 0 Å². The number of nitrogens with zero attached hydrogens (tertiary/aromatic N) is 3. The fraction of sp³-hybridized carbons (Fsp3) is 0.706. The van der Waals surface area contributed by atoms with Gasteiger partial charge >= 0.3 is 0 Å². The Hall–Kier alpha value is -1.09. The molecule has 3 nitrogen and oxygen atoms in total. The zero-order chi connectivity index (χ0) is 14.3. The molecule has 1 aromatic rings. The maximum absolute atomic E-state index is 5.05. The van der Waals surface area contributed by atoms with Crippen LogP contribution in [0.3, 0.4) is 0 Å². The Labute approximate surface area is 123 Å². The van der Waals surface area contributed by atoms with Crippen LogP contribution in [0.25, 0.3) is 0 Å². The molecule has 0 amide bonds. The maximum atomic E-state index is 5.05. The van der Waals surface area contributed by atoms with Crippen LogP contribution in [0, 0.1) is 0 Å². The number of pyridine rings is 1. The van der Waals surface area contributed by atoms with E-state index in [0.29, 0.717) is 12.0 Å². The standard InChI is InChI=1S/C17H27N3/c1-12(2)15-7-8-16(18-17(15)14-5-6-14)20-10-9-19(4)13(3)11-20/h7-8,12-14H,5-6,9-11H2,1-4H3/t13-/m0/s1. The molecule has 110 valence electrons. The van der Waals surface area contributed by atoms with Crippen LogP contribution >= 0.6 is 0 Å². The lowest BCUT2D eigenvalue weighted by atomic mass is 9.99. The van der Waals surface area contributed by atoms with Crippen molar-refractivity contribution in [1.82, 2.24) is 9.88 Å². The largest absolute Gasteiger partial charge is 0.354 e. The summed E-state index contributed by atoms with van der Waals surface area (Å²) in [5, 5.41) is 0. The summed E-state index contributed by atoms with van der Waals surface area (Å²) in [5.74, 6) is 2.51. The molecule has 1 aliphatic carbocycles. The van der Waals surface area contributed by atoms with Crippen LogP contribution in [0.5, 0.6) is 0 Å².